The predicted octanol–water partition coefficient (Wildman–Crippen LogP) is 2.73. The van der Waals surface area contributed by atoms with E-state index in [0.717, 1.165) is 18.1 Å². The molecule has 0 unspecified atom stereocenters. The van der Waals surface area contributed by atoms with Crippen LogP contribution in [0, 0.1) is 5.95 Å². The van der Waals surface area contributed by atoms with Crippen LogP contribution in [-0.4, -0.2) is 72.9 Å². The van der Waals surface area contributed by atoms with Gasteiger partial charge in [0.1, 0.15) is 17.2 Å². The largest absolute Gasteiger partial charge is 0.377 e. The van der Waals surface area contributed by atoms with Gasteiger partial charge in [0.2, 0.25) is 11.9 Å². The molecule has 1 atom stereocenters. The summed E-state index contributed by atoms with van der Waals surface area (Å²) in [5, 5.41) is 0. The molecule has 232 valence electrons. The number of likely N-dealkylation sites (tertiary alicyclic amines) is 1. The van der Waals surface area contributed by atoms with Crippen molar-refractivity contribution in [3.05, 3.63) is 80.4 Å². The number of carbonyl (C=O) groups is 2. The van der Waals surface area contributed by atoms with Gasteiger partial charge in [0.25, 0.3) is 11.5 Å². The predicted molar refractivity (Wildman–Crippen MR) is 160 cm³/mol. The number of imidazole rings is 1. The molecule has 44 heavy (non-hydrogen) atoms. The number of anilines is 1. The van der Waals surface area contributed by atoms with Gasteiger partial charge in [-0.3, -0.25) is 28.8 Å². The zero-order valence-electron chi connectivity index (χ0n) is 24.7. The second-order valence-corrected chi connectivity index (χ2v) is 10.7. The molecule has 4 aromatic rings. The first-order chi connectivity index (χ1) is 21.3. The van der Waals surface area contributed by atoms with E-state index in [2.05, 4.69) is 24.9 Å². The molecule has 0 radical (unpaired) electrons. The summed E-state index contributed by atoms with van der Waals surface area (Å²) in [6, 6.07) is 6.06. The molecule has 13 nitrogen and oxygen atoms in total. The van der Waals surface area contributed by atoms with Crippen molar-refractivity contribution in [3.8, 4) is 0 Å². The smallest absolute Gasteiger partial charge is 0.330 e. The van der Waals surface area contributed by atoms with Gasteiger partial charge >= 0.3 is 5.69 Å². The van der Waals surface area contributed by atoms with Gasteiger partial charge in [0, 0.05) is 58.5 Å². The summed E-state index contributed by atoms with van der Waals surface area (Å²) < 4.78 is 20.6. The molecule has 1 saturated heterocycles. The number of ether oxygens (including phenoxy) is 1. The first kappa shape index (κ1) is 30.7. The highest BCUT2D eigenvalue weighted by Gasteiger charge is 2.23. The van der Waals surface area contributed by atoms with Crippen molar-refractivity contribution in [1.29, 1.82) is 0 Å². The highest BCUT2D eigenvalue weighted by atomic mass is 19.1. The summed E-state index contributed by atoms with van der Waals surface area (Å²) in [6.45, 7) is 3.90. The molecule has 1 aliphatic rings. The first-order valence-electron chi connectivity index (χ1n) is 14.7. The van der Waals surface area contributed by atoms with Gasteiger partial charge in [-0.1, -0.05) is 13.0 Å². The Hall–Kier alpha value is -4.72. The zero-order chi connectivity index (χ0) is 31.2. The van der Waals surface area contributed by atoms with Crippen LogP contribution in [0.15, 0.2) is 46.2 Å². The van der Waals surface area contributed by atoms with E-state index in [-0.39, 0.29) is 29.0 Å². The van der Waals surface area contributed by atoms with Gasteiger partial charge in [0.15, 0.2) is 5.65 Å². The Kier molecular flexibility index (Phi) is 9.58. The Bertz CT molecular complexity index is 1730. The molecular weight excluding hydrogens is 571 g/mol. The topological polar surface area (TPSA) is 159 Å². The first-order valence-corrected chi connectivity index (χ1v) is 14.7. The van der Waals surface area contributed by atoms with Crippen LogP contribution in [0.1, 0.15) is 66.9 Å². The number of pyridine rings is 2. The third kappa shape index (κ3) is 6.75. The SMILES string of the molecule is CCCn1c(=O)[nH]c(=O)c2[nH]c(CC[C@H](OC)c3ccc(N(CCCN4CCCC4=O)C(=O)c4ccc(F)nc4)nc3)nc21. The van der Waals surface area contributed by atoms with Crippen molar-refractivity contribution in [1.82, 2.24) is 34.4 Å². The maximum Gasteiger partial charge on any atom is 0.330 e. The fraction of sp³-hybridized carbons (Fsp3) is 0.433. The number of hydrogen-bond acceptors (Lipinski definition) is 8. The number of hydrogen-bond donors (Lipinski definition) is 2. The second kappa shape index (κ2) is 13.7. The maximum atomic E-state index is 13.4. The van der Waals surface area contributed by atoms with Crippen molar-refractivity contribution < 1.29 is 18.7 Å². The van der Waals surface area contributed by atoms with E-state index in [4.69, 9.17) is 4.74 Å². The van der Waals surface area contributed by atoms with Crippen LogP contribution in [0.5, 0.6) is 0 Å². The van der Waals surface area contributed by atoms with E-state index in [1.807, 2.05) is 13.0 Å². The number of halogens is 1. The Labute approximate surface area is 252 Å². The Balaban J connectivity index is 1.31. The van der Waals surface area contributed by atoms with Crippen LogP contribution >= 0.6 is 0 Å². The van der Waals surface area contributed by atoms with Gasteiger partial charge in [-0.05, 0) is 49.4 Å². The Morgan fingerprint density at radius 1 is 1.11 bits per heavy atom. The van der Waals surface area contributed by atoms with E-state index < -0.39 is 17.2 Å². The molecule has 0 bridgehead atoms. The lowest BCUT2D eigenvalue weighted by Crippen LogP contribution is -2.35. The quantitative estimate of drug-likeness (QED) is 0.220. The highest BCUT2D eigenvalue weighted by Crippen LogP contribution is 2.25. The minimum absolute atomic E-state index is 0.114. The van der Waals surface area contributed by atoms with Crippen LogP contribution in [-0.2, 0) is 22.5 Å². The average molecular weight is 607 g/mol. The van der Waals surface area contributed by atoms with Crippen molar-refractivity contribution in [2.45, 2.75) is 58.1 Å². The van der Waals surface area contributed by atoms with Crippen LogP contribution in [0.2, 0.25) is 0 Å². The summed E-state index contributed by atoms with van der Waals surface area (Å²) in [6.07, 6.45) is 6.03. The number of carbonyl (C=O) groups excluding carboxylic acids is 2. The molecule has 4 aromatic heterocycles. The number of aryl methyl sites for hydroxylation is 2. The molecule has 2 N–H and O–H groups in total. The van der Waals surface area contributed by atoms with Crippen LogP contribution in [0.25, 0.3) is 11.2 Å². The van der Waals surface area contributed by atoms with Gasteiger partial charge < -0.3 is 14.6 Å². The number of H-pyrrole nitrogens is 2. The summed E-state index contributed by atoms with van der Waals surface area (Å²) in [4.78, 5) is 71.4. The number of methoxy groups -OCH3 is 1. The molecule has 1 aliphatic heterocycles. The van der Waals surface area contributed by atoms with E-state index in [1.54, 1.807) is 24.3 Å². The van der Waals surface area contributed by atoms with Gasteiger partial charge in [-0.25, -0.2) is 19.7 Å². The van der Waals surface area contributed by atoms with E-state index >= 15 is 0 Å². The van der Waals surface area contributed by atoms with Crippen molar-refractivity contribution in [2.75, 3.05) is 31.6 Å². The molecule has 5 heterocycles. The van der Waals surface area contributed by atoms with Crippen molar-refractivity contribution in [2.24, 2.45) is 0 Å². The van der Waals surface area contributed by atoms with Gasteiger partial charge in [0.05, 0.1) is 11.7 Å². The fourth-order valence-corrected chi connectivity index (χ4v) is 5.41. The summed E-state index contributed by atoms with van der Waals surface area (Å²) >= 11 is 0. The van der Waals surface area contributed by atoms with Crippen molar-refractivity contribution in [3.63, 3.8) is 0 Å². The van der Waals surface area contributed by atoms with Crippen LogP contribution in [0.4, 0.5) is 10.2 Å². The third-order valence-corrected chi connectivity index (χ3v) is 7.68. The monoisotopic (exact) mass is 606 g/mol. The number of nitrogens with one attached hydrogen (secondary N) is 2. The lowest BCUT2D eigenvalue weighted by atomic mass is 10.1. The number of amides is 2. The molecule has 0 aromatic carbocycles. The minimum Gasteiger partial charge on any atom is -0.377 e. The molecule has 0 spiro atoms. The van der Waals surface area contributed by atoms with E-state index in [0.29, 0.717) is 75.6 Å². The molecule has 1 fully saturated rings. The number of fused-ring (bicyclic) bond motifs is 1. The lowest BCUT2D eigenvalue weighted by molar-refractivity contribution is -0.127. The fourth-order valence-electron chi connectivity index (χ4n) is 5.41. The molecule has 14 heteroatoms. The van der Waals surface area contributed by atoms with E-state index in [1.165, 1.54) is 21.7 Å². The van der Waals surface area contributed by atoms with Crippen LogP contribution in [0.3, 0.4) is 0 Å². The molecule has 0 saturated carbocycles. The average Bonchev–Trinajstić information content (AvgIpc) is 3.64. The third-order valence-electron chi connectivity index (χ3n) is 7.68. The number of rotatable bonds is 13. The zero-order valence-corrected chi connectivity index (χ0v) is 24.7. The normalized spacial score (nSPS) is 14.0. The lowest BCUT2D eigenvalue weighted by Gasteiger charge is -2.24. The summed E-state index contributed by atoms with van der Waals surface area (Å²) in [5.74, 6) is 0.00184. The Morgan fingerprint density at radius 3 is 2.61 bits per heavy atom. The number of aromatic nitrogens is 6. The molecule has 0 aliphatic carbocycles. The van der Waals surface area contributed by atoms with Crippen molar-refractivity contribution >= 4 is 28.8 Å². The summed E-state index contributed by atoms with van der Waals surface area (Å²) in [7, 11) is 1.58. The van der Waals surface area contributed by atoms with Crippen LogP contribution < -0.4 is 16.1 Å². The van der Waals surface area contributed by atoms with E-state index in [9.17, 15) is 23.6 Å². The minimum atomic E-state index is -0.682. The molecule has 2 amide bonds. The molecule has 5 rings (SSSR count). The van der Waals surface area contributed by atoms with Gasteiger partial charge in [-0.2, -0.15) is 4.39 Å². The number of nitrogens with zero attached hydrogens (tertiary/aromatic N) is 6. The molecular formula is C30H35FN8O5. The number of aromatic amines is 2. The highest BCUT2D eigenvalue weighted by molar-refractivity contribution is 6.05. The summed E-state index contributed by atoms with van der Waals surface area (Å²) in [5.41, 5.74) is 0.566. The standard InChI is InChI=1S/C30H35FN8O5/c1-3-13-39-27-26(28(41)36-30(39)43)34-23(35-27)11-9-21(44-2)19-8-12-24(33-17-19)38(16-5-15-37-14-4-6-25(37)40)29(42)20-7-10-22(31)32-18-20/h7-8,10,12,17-18,21H,3-6,9,11,13-16H2,1-2H3,(H,34,35)(H,36,41,43)/t21-/m0/s1. The Morgan fingerprint density at radius 2 is 1.95 bits per heavy atom. The maximum absolute atomic E-state index is 13.4. The second-order valence-electron chi connectivity index (χ2n) is 10.7. The van der Waals surface area contributed by atoms with Gasteiger partial charge in [-0.15, -0.1) is 0 Å².